The van der Waals surface area contributed by atoms with Gasteiger partial charge in [-0.2, -0.15) is 0 Å². The second kappa shape index (κ2) is 15.4. The molecule has 0 amide bonds. The molecule has 23 heavy (non-hydrogen) atoms. The van der Waals surface area contributed by atoms with Crippen LogP contribution >= 0.6 is 24.0 Å². The Balaban J connectivity index is 0. The van der Waals surface area contributed by atoms with Crippen LogP contribution in [0.3, 0.4) is 0 Å². The maximum absolute atomic E-state index is 5.55. The highest BCUT2D eigenvalue weighted by Crippen LogP contribution is 2.05. The van der Waals surface area contributed by atoms with Gasteiger partial charge >= 0.3 is 0 Å². The van der Waals surface area contributed by atoms with Crippen LogP contribution in [-0.4, -0.2) is 62.8 Å². The van der Waals surface area contributed by atoms with Crippen molar-refractivity contribution < 1.29 is 4.74 Å². The number of aliphatic imine (C=N–C) groups is 1. The van der Waals surface area contributed by atoms with Gasteiger partial charge in [0.05, 0.1) is 6.61 Å². The Morgan fingerprint density at radius 1 is 1.00 bits per heavy atom. The molecular formula is C17H39IN4O. The van der Waals surface area contributed by atoms with Crippen LogP contribution in [0.5, 0.6) is 0 Å². The standard InChI is InChI=1S/C17H38N4O.HI/c1-14(2)13-22-12-10-20-17(18-7)19-9-8-11-21(15(3)4)16(5)6;/h14-16H,8-13H2,1-7H3,(H2,18,19,20);1H. The van der Waals surface area contributed by atoms with E-state index in [1.165, 1.54) is 0 Å². The van der Waals surface area contributed by atoms with Crippen LogP contribution in [0.4, 0.5) is 0 Å². The maximum atomic E-state index is 5.55. The molecule has 0 aromatic carbocycles. The van der Waals surface area contributed by atoms with Gasteiger partial charge in [-0.3, -0.25) is 9.89 Å². The Kier molecular flexibility index (Phi) is 16.9. The van der Waals surface area contributed by atoms with Crippen molar-refractivity contribution in [3.63, 3.8) is 0 Å². The third-order valence-corrected chi connectivity index (χ3v) is 3.43. The third kappa shape index (κ3) is 14.0. The first-order chi connectivity index (χ1) is 10.4. The lowest BCUT2D eigenvalue weighted by Crippen LogP contribution is -2.42. The molecule has 0 atom stereocenters. The van der Waals surface area contributed by atoms with E-state index in [0.717, 1.165) is 38.6 Å². The predicted molar refractivity (Wildman–Crippen MR) is 112 cm³/mol. The van der Waals surface area contributed by atoms with Gasteiger partial charge in [-0.15, -0.1) is 24.0 Å². The lowest BCUT2D eigenvalue weighted by molar-refractivity contribution is 0.114. The Bertz CT molecular complexity index is 288. The Morgan fingerprint density at radius 3 is 2.04 bits per heavy atom. The van der Waals surface area contributed by atoms with Crippen LogP contribution in [-0.2, 0) is 4.74 Å². The summed E-state index contributed by atoms with van der Waals surface area (Å²) in [5.41, 5.74) is 0. The molecule has 0 aliphatic rings. The van der Waals surface area contributed by atoms with Crippen molar-refractivity contribution in [3.05, 3.63) is 0 Å². The molecule has 0 fully saturated rings. The minimum absolute atomic E-state index is 0. The van der Waals surface area contributed by atoms with Gasteiger partial charge in [-0.1, -0.05) is 13.8 Å². The minimum atomic E-state index is 0. The van der Waals surface area contributed by atoms with Gasteiger partial charge in [-0.25, -0.2) is 0 Å². The first-order valence-corrected chi connectivity index (χ1v) is 8.66. The first-order valence-electron chi connectivity index (χ1n) is 8.66. The molecule has 0 bridgehead atoms. The molecule has 0 radical (unpaired) electrons. The molecule has 0 aromatic rings. The van der Waals surface area contributed by atoms with Gasteiger partial charge < -0.3 is 15.4 Å². The van der Waals surface area contributed by atoms with Gasteiger partial charge in [-0.05, 0) is 40.0 Å². The van der Waals surface area contributed by atoms with Crippen LogP contribution in [0.15, 0.2) is 4.99 Å². The largest absolute Gasteiger partial charge is 0.379 e. The fourth-order valence-corrected chi connectivity index (χ4v) is 2.36. The Morgan fingerprint density at radius 2 is 1.57 bits per heavy atom. The Labute approximate surface area is 161 Å². The summed E-state index contributed by atoms with van der Waals surface area (Å²) in [6, 6.07) is 1.19. The van der Waals surface area contributed by atoms with Gasteiger partial charge in [0.2, 0.25) is 0 Å². The second-order valence-electron chi connectivity index (χ2n) is 6.67. The smallest absolute Gasteiger partial charge is 0.191 e. The van der Waals surface area contributed by atoms with Crippen molar-refractivity contribution in [1.29, 1.82) is 0 Å². The van der Waals surface area contributed by atoms with Gasteiger partial charge in [0.15, 0.2) is 5.96 Å². The molecule has 140 valence electrons. The highest BCUT2D eigenvalue weighted by molar-refractivity contribution is 14.0. The number of halogens is 1. The molecule has 0 aromatic heterocycles. The van der Waals surface area contributed by atoms with Gasteiger partial charge in [0, 0.05) is 45.4 Å². The summed E-state index contributed by atoms with van der Waals surface area (Å²) in [5, 5.41) is 6.64. The van der Waals surface area contributed by atoms with E-state index >= 15 is 0 Å². The van der Waals surface area contributed by atoms with Gasteiger partial charge in [0.25, 0.3) is 0 Å². The normalized spacial score (nSPS) is 12.2. The molecule has 0 heterocycles. The average molecular weight is 442 g/mol. The highest BCUT2D eigenvalue weighted by Gasteiger charge is 2.12. The molecule has 2 N–H and O–H groups in total. The SMILES string of the molecule is CN=C(NCCCN(C(C)C)C(C)C)NCCOCC(C)C.I. The summed E-state index contributed by atoms with van der Waals surface area (Å²) in [5.74, 6) is 1.44. The molecule has 0 saturated heterocycles. The quantitative estimate of drug-likeness (QED) is 0.224. The molecule has 5 nitrogen and oxygen atoms in total. The molecule has 0 unspecified atom stereocenters. The van der Waals surface area contributed by atoms with Crippen LogP contribution in [0.2, 0.25) is 0 Å². The Hall–Kier alpha value is -0.0800. The summed E-state index contributed by atoms with van der Waals surface area (Å²) in [6.07, 6.45) is 1.11. The lowest BCUT2D eigenvalue weighted by Gasteiger charge is -2.30. The van der Waals surface area contributed by atoms with E-state index in [9.17, 15) is 0 Å². The van der Waals surface area contributed by atoms with Crippen LogP contribution in [0, 0.1) is 5.92 Å². The zero-order valence-electron chi connectivity index (χ0n) is 16.2. The number of rotatable bonds is 11. The second-order valence-corrected chi connectivity index (χ2v) is 6.67. The number of guanidine groups is 1. The third-order valence-electron chi connectivity index (χ3n) is 3.43. The van der Waals surface area contributed by atoms with E-state index in [0.29, 0.717) is 24.6 Å². The summed E-state index contributed by atoms with van der Waals surface area (Å²) in [7, 11) is 1.80. The number of ether oxygens (including phenoxy) is 1. The molecule has 0 saturated carbocycles. The van der Waals surface area contributed by atoms with Crippen LogP contribution in [0.1, 0.15) is 48.0 Å². The highest BCUT2D eigenvalue weighted by atomic mass is 127. The van der Waals surface area contributed by atoms with Crippen molar-refractivity contribution in [2.75, 3.05) is 39.9 Å². The van der Waals surface area contributed by atoms with Crippen molar-refractivity contribution >= 4 is 29.9 Å². The number of nitrogens with one attached hydrogen (secondary N) is 2. The molecule has 0 aliphatic carbocycles. The van der Waals surface area contributed by atoms with E-state index in [-0.39, 0.29) is 24.0 Å². The van der Waals surface area contributed by atoms with Crippen LogP contribution < -0.4 is 10.6 Å². The van der Waals surface area contributed by atoms with E-state index < -0.39 is 0 Å². The van der Waals surface area contributed by atoms with Crippen molar-refractivity contribution in [2.45, 2.75) is 60.0 Å². The van der Waals surface area contributed by atoms with E-state index in [2.05, 4.69) is 62.1 Å². The summed E-state index contributed by atoms with van der Waals surface area (Å²) >= 11 is 0. The summed E-state index contributed by atoms with van der Waals surface area (Å²) in [4.78, 5) is 6.74. The fraction of sp³-hybridized carbons (Fsp3) is 0.941. The van der Waals surface area contributed by atoms with E-state index in [1.807, 2.05) is 0 Å². The molecular weight excluding hydrogens is 403 g/mol. The number of hydrogen-bond donors (Lipinski definition) is 2. The first kappa shape index (κ1) is 25.2. The molecule has 0 rings (SSSR count). The minimum Gasteiger partial charge on any atom is -0.379 e. The number of nitrogens with zero attached hydrogens (tertiary/aromatic N) is 2. The molecule has 0 aliphatic heterocycles. The topological polar surface area (TPSA) is 48.9 Å². The fourth-order valence-electron chi connectivity index (χ4n) is 2.36. The molecule has 6 heteroatoms. The number of hydrogen-bond acceptors (Lipinski definition) is 3. The maximum Gasteiger partial charge on any atom is 0.191 e. The van der Waals surface area contributed by atoms with Gasteiger partial charge in [0.1, 0.15) is 0 Å². The summed E-state index contributed by atoms with van der Waals surface area (Å²) in [6.45, 7) is 17.7. The lowest BCUT2D eigenvalue weighted by atomic mass is 10.2. The van der Waals surface area contributed by atoms with Crippen molar-refractivity contribution in [3.8, 4) is 0 Å². The van der Waals surface area contributed by atoms with Crippen molar-refractivity contribution in [1.82, 2.24) is 15.5 Å². The van der Waals surface area contributed by atoms with E-state index in [4.69, 9.17) is 4.74 Å². The predicted octanol–water partition coefficient (Wildman–Crippen LogP) is 2.95. The summed E-state index contributed by atoms with van der Waals surface area (Å²) < 4.78 is 5.55. The monoisotopic (exact) mass is 442 g/mol. The molecule has 0 spiro atoms. The zero-order chi connectivity index (χ0) is 17.0. The van der Waals surface area contributed by atoms with Crippen LogP contribution in [0.25, 0.3) is 0 Å². The average Bonchev–Trinajstić information content (AvgIpc) is 2.43. The van der Waals surface area contributed by atoms with Crippen molar-refractivity contribution in [2.24, 2.45) is 10.9 Å². The zero-order valence-corrected chi connectivity index (χ0v) is 18.5. The van der Waals surface area contributed by atoms with E-state index in [1.54, 1.807) is 7.05 Å².